The number of allylic oxidation sites excluding steroid dienone is 3. The van der Waals surface area contributed by atoms with Crippen LogP contribution in [-0.2, 0) is 9.59 Å². The second-order valence-corrected chi connectivity index (χ2v) is 8.48. The molecule has 0 aromatic rings. The first-order valence-corrected chi connectivity index (χ1v) is 10.3. The summed E-state index contributed by atoms with van der Waals surface area (Å²) >= 11 is 0. The monoisotopic (exact) mass is 360 g/mol. The van der Waals surface area contributed by atoms with Crippen molar-refractivity contribution < 1.29 is 19.8 Å². The number of carbonyl (C=O) groups is 2. The number of carboxylic acids is 1. The number of Topliss-reactive ketones (excluding diaryl/α,β-unsaturated/α-hetero) is 1. The highest BCUT2D eigenvalue weighted by Gasteiger charge is 2.39. The third kappa shape index (κ3) is 4.85. The standard InChI is InChI=1S/C22H32O4/c23-20(17-6-2-1-3-7-17)12-11-16-9-10-18-13-15(14-19(16)18)5-4-8-21(24)22(25)26/h5,11-12,16-20,23H,1-4,6-10,13-14H2,(H,25,26)/b12-11+,15-5+/t16-,18+,19-,20-/m1/s1. The van der Waals surface area contributed by atoms with E-state index in [1.54, 1.807) is 0 Å². The van der Waals surface area contributed by atoms with Crippen molar-refractivity contribution in [3.63, 3.8) is 0 Å². The summed E-state index contributed by atoms with van der Waals surface area (Å²) in [7, 11) is 0. The van der Waals surface area contributed by atoms with Gasteiger partial charge in [0.1, 0.15) is 0 Å². The predicted molar refractivity (Wildman–Crippen MR) is 101 cm³/mol. The van der Waals surface area contributed by atoms with Crippen molar-refractivity contribution in [2.45, 2.75) is 76.7 Å². The molecule has 3 aliphatic carbocycles. The van der Waals surface area contributed by atoms with Gasteiger partial charge in [0, 0.05) is 6.42 Å². The Kier molecular flexibility index (Phi) is 6.68. The van der Waals surface area contributed by atoms with Crippen LogP contribution in [-0.4, -0.2) is 28.1 Å². The highest BCUT2D eigenvalue weighted by atomic mass is 16.4. The smallest absolute Gasteiger partial charge is 0.372 e. The van der Waals surface area contributed by atoms with E-state index in [1.165, 1.54) is 37.7 Å². The molecule has 0 aliphatic heterocycles. The summed E-state index contributed by atoms with van der Waals surface area (Å²) in [5.41, 5.74) is 1.39. The first-order valence-electron chi connectivity index (χ1n) is 10.3. The number of ketones is 1. The third-order valence-electron chi connectivity index (χ3n) is 6.78. The van der Waals surface area contributed by atoms with Gasteiger partial charge in [-0.15, -0.1) is 0 Å². The fourth-order valence-electron chi connectivity index (χ4n) is 5.29. The van der Waals surface area contributed by atoms with Crippen LogP contribution >= 0.6 is 0 Å². The van der Waals surface area contributed by atoms with Crippen molar-refractivity contribution in [3.8, 4) is 0 Å². The SMILES string of the molecule is O=C(O)C(=O)CC/C=C1\C[C@@H]2CC[C@H](/C=C/[C@@H](O)C3CCCCC3)[C@H]2C1. The van der Waals surface area contributed by atoms with Crippen LogP contribution in [0.4, 0.5) is 0 Å². The molecule has 4 heteroatoms. The van der Waals surface area contributed by atoms with Gasteiger partial charge in [-0.3, -0.25) is 4.79 Å². The van der Waals surface area contributed by atoms with E-state index in [-0.39, 0.29) is 12.5 Å². The van der Waals surface area contributed by atoms with E-state index in [9.17, 15) is 14.7 Å². The number of carbonyl (C=O) groups excluding carboxylic acids is 1. The van der Waals surface area contributed by atoms with Crippen LogP contribution in [0.2, 0.25) is 0 Å². The molecule has 4 nitrogen and oxygen atoms in total. The summed E-state index contributed by atoms with van der Waals surface area (Å²) < 4.78 is 0. The number of aliphatic carboxylic acids is 1. The molecule has 0 bridgehead atoms. The van der Waals surface area contributed by atoms with Crippen molar-refractivity contribution in [2.24, 2.45) is 23.7 Å². The highest BCUT2D eigenvalue weighted by molar-refractivity contribution is 6.32. The zero-order valence-electron chi connectivity index (χ0n) is 15.6. The van der Waals surface area contributed by atoms with Gasteiger partial charge in [0.05, 0.1) is 6.10 Å². The number of rotatable bonds is 7. The van der Waals surface area contributed by atoms with Gasteiger partial charge < -0.3 is 10.2 Å². The molecule has 0 unspecified atom stereocenters. The van der Waals surface area contributed by atoms with Gasteiger partial charge in [0.25, 0.3) is 0 Å². The van der Waals surface area contributed by atoms with Crippen LogP contribution in [0.3, 0.4) is 0 Å². The maximum absolute atomic E-state index is 11.2. The molecule has 3 saturated carbocycles. The molecule has 3 rings (SSSR count). The van der Waals surface area contributed by atoms with E-state index in [0.29, 0.717) is 24.2 Å². The van der Waals surface area contributed by atoms with Crippen LogP contribution < -0.4 is 0 Å². The molecule has 3 fully saturated rings. The van der Waals surface area contributed by atoms with Crippen molar-refractivity contribution in [2.75, 3.05) is 0 Å². The molecule has 4 atom stereocenters. The number of aliphatic hydroxyl groups excluding tert-OH is 1. The predicted octanol–water partition coefficient (Wildman–Crippen LogP) is 4.28. The minimum atomic E-state index is -1.33. The van der Waals surface area contributed by atoms with Crippen molar-refractivity contribution in [1.82, 2.24) is 0 Å². The Hall–Kier alpha value is -1.42. The van der Waals surface area contributed by atoms with Gasteiger partial charge in [-0.05, 0) is 68.6 Å². The molecule has 0 amide bonds. The minimum Gasteiger partial charge on any atom is -0.476 e. The van der Waals surface area contributed by atoms with E-state index >= 15 is 0 Å². The summed E-state index contributed by atoms with van der Waals surface area (Å²) in [5.74, 6) is 0.364. The van der Waals surface area contributed by atoms with Crippen LogP contribution in [0.15, 0.2) is 23.8 Å². The van der Waals surface area contributed by atoms with E-state index in [4.69, 9.17) is 5.11 Å². The lowest BCUT2D eigenvalue weighted by atomic mass is 9.84. The topological polar surface area (TPSA) is 74.6 Å². The minimum absolute atomic E-state index is 0.102. The van der Waals surface area contributed by atoms with E-state index < -0.39 is 11.8 Å². The van der Waals surface area contributed by atoms with Crippen LogP contribution in [0.1, 0.15) is 70.6 Å². The number of aliphatic hydroxyl groups is 1. The van der Waals surface area contributed by atoms with Crippen LogP contribution in [0.25, 0.3) is 0 Å². The zero-order valence-corrected chi connectivity index (χ0v) is 15.6. The Bertz CT molecular complexity index is 571. The van der Waals surface area contributed by atoms with E-state index in [2.05, 4.69) is 18.2 Å². The second-order valence-electron chi connectivity index (χ2n) is 8.48. The Morgan fingerprint density at radius 1 is 1.08 bits per heavy atom. The number of hydrogen-bond donors (Lipinski definition) is 2. The zero-order chi connectivity index (χ0) is 18.5. The summed E-state index contributed by atoms with van der Waals surface area (Å²) in [6, 6.07) is 0. The lowest BCUT2D eigenvalue weighted by Gasteiger charge is -2.25. The summed E-state index contributed by atoms with van der Waals surface area (Å²) in [6.45, 7) is 0. The van der Waals surface area contributed by atoms with Gasteiger partial charge in [-0.1, -0.05) is 43.1 Å². The largest absolute Gasteiger partial charge is 0.476 e. The van der Waals surface area contributed by atoms with E-state index in [1.807, 2.05) is 0 Å². The molecule has 0 heterocycles. The molecule has 2 N–H and O–H groups in total. The van der Waals surface area contributed by atoms with Gasteiger partial charge >= 0.3 is 5.97 Å². The quantitative estimate of drug-likeness (QED) is 0.525. The fourth-order valence-corrected chi connectivity index (χ4v) is 5.29. The first-order chi connectivity index (χ1) is 12.5. The lowest BCUT2D eigenvalue weighted by Crippen LogP contribution is -2.21. The van der Waals surface area contributed by atoms with Gasteiger partial charge in [0.2, 0.25) is 5.78 Å². The summed E-state index contributed by atoms with van der Waals surface area (Å²) in [4.78, 5) is 21.8. The molecule has 3 aliphatic rings. The Morgan fingerprint density at radius 2 is 1.85 bits per heavy atom. The highest BCUT2D eigenvalue weighted by Crippen LogP contribution is 2.50. The average Bonchev–Trinajstić information content (AvgIpc) is 3.20. The van der Waals surface area contributed by atoms with Gasteiger partial charge in [-0.2, -0.15) is 0 Å². The van der Waals surface area contributed by atoms with Crippen molar-refractivity contribution >= 4 is 11.8 Å². The third-order valence-corrected chi connectivity index (χ3v) is 6.78. The van der Waals surface area contributed by atoms with Crippen LogP contribution in [0, 0.1) is 23.7 Å². The molecule has 0 spiro atoms. The molecular weight excluding hydrogens is 328 g/mol. The Labute approximate surface area is 156 Å². The first kappa shape index (κ1) is 19.3. The molecule has 0 aromatic carbocycles. The van der Waals surface area contributed by atoms with Crippen molar-refractivity contribution in [1.29, 1.82) is 0 Å². The molecule has 26 heavy (non-hydrogen) atoms. The maximum Gasteiger partial charge on any atom is 0.372 e. The molecular formula is C22H32O4. The number of hydrogen-bond acceptors (Lipinski definition) is 3. The second kappa shape index (κ2) is 8.98. The maximum atomic E-state index is 11.2. The van der Waals surface area contributed by atoms with E-state index in [0.717, 1.165) is 31.6 Å². The molecule has 0 radical (unpaired) electrons. The lowest BCUT2D eigenvalue weighted by molar-refractivity contribution is -0.149. The number of carboxylic acid groups (broad SMARTS) is 1. The summed E-state index contributed by atoms with van der Waals surface area (Å²) in [5, 5.41) is 19.1. The van der Waals surface area contributed by atoms with Crippen LogP contribution in [0.5, 0.6) is 0 Å². The molecule has 0 aromatic heterocycles. The summed E-state index contributed by atoms with van der Waals surface area (Å²) in [6.07, 6.45) is 17.6. The van der Waals surface area contributed by atoms with Crippen molar-refractivity contribution in [3.05, 3.63) is 23.8 Å². The Balaban J connectivity index is 1.49. The normalized spacial score (nSPS) is 32.2. The fraction of sp³-hybridized carbons (Fsp3) is 0.727. The van der Waals surface area contributed by atoms with Gasteiger partial charge in [-0.25, -0.2) is 4.79 Å². The Morgan fingerprint density at radius 3 is 2.58 bits per heavy atom. The molecule has 0 saturated heterocycles. The molecule has 144 valence electrons. The van der Waals surface area contributed by atoms with Gasteiger partial charge in [0.15, 0.2) is 0 Å². The number of fused-ring (bicyclic) bond motifs is 1. The average molecular weight is 360 g/mol.